The number of rotatable bonds is 4. The van der Waals surface area contributed by atoms with Crippen molar-refractivity contribution in [3.05, 3.63) is 30.3 Å². The van der Waals surface area contributed by atoms with Gasteiger partial charge in [-0.15, -0.1) is 0 Å². The van der Waals surface area contributed by atoms with E-state index < -0.39 is 6.04 Å². The normalized spacial score (nSPS) is 18.9. The van der Waals surface area contributed by atoms with E-state index in [4.69, 9.17) is 10.5 Å². The highest BCUT2D eigenvalue weighted by molar-refractivity contribution is 5.78. The molecule has 0 bridgehead atoms. The largest absolute Gasteiger partial charge is 0.425 e. The molecule has 0 spiro atoms. The summed E-state index contributed by atoms with van der Waals surface area (Å²) in [5, 5.41) is 0. The van der Waals surface area contributed by atoms with Gasteiger partial charge in [-0.25, -0.2) is 4.79 Å². The number of carbonyl (C=O) groups excluding carboxylic acids is 1. The minimum absolute atomic E-state index is 0.273. The highest BCUT2D eigenvalue weighted by Crippen LogP contribution is 2.48. The first kappa shape index (κ1) is 11.1. The number of para-hydroxylation sites is 1. The van der Waals surface area contributed by atoms with Gasteiger partial charge in [0.15, 0.2) is 0 Å². The van der Waals surface area contributed by atoms with Crippen LogP contribution in [0.2, 0.25) is 0 Å². The SMILES string of the molecule is CC1(CC(N)C(=O)Oc2ccccc2)CC1. The Hall–Kier alpha value is -1.35. The van der Waals surface area contributed by atoms with Crippen molar-refractivity contribution < 1.29 is 9.53 Å². The first-order chi connectivity index (χ1) is 7.59. The summed E-state index contributed by atoms with van der Waals surface area (Å²) in [7, 11) is 0. The summed E-state index contributed by atoms with van der Waals surface area (Å²) >= 11 is 0. The van der Waals surface area contributed by atoms with Crippen LogP contribution >= 0.6 is 0 Å². The molecule has 1 unspecified atom stereocenters. The first-order valence-electron chi connectivity index (χ1n) is 5.61. The average Bonchev–Trinajstić information content (AvgIpc) is 2.97. The number of hydrogen-bond donors (Lipinski definition) is 1. The fourth-order valence-electron chi connectivity index (χ4n) is 1.71. The molecule has 1 aliphatic carbocycles. The van der Waals surface area contributed by atoms with E-state index in [1.165, 1.54) is 12.8 Å². The van der Waals surface area contributed by atoms with Gasteiger partial charge in [0.2, 0.25) is 0 Å². The zero-order chi connectivity index (χ0) is 11.6. The van der Waals surface area contributed by atoms with Crippen molar-refractivity contribution in [1.82, 2.24) is 0 Å². The molecule has 16 heavy (non-hydrogen) atoms. The molecule has 0 saturated heterocycles. The molecule has 0 amide bonds. The van der Waals surface area contributed by atoms with Crippen LogP contribution in [0.3, 0.4) is 0 Å². The van der Waals surface area contributed by atoms with Crippen molar-refractivity contribution in [3.8, 4) is 5.75 Å². The van der Waals surface area contributed by atoms with Crippen LogP contribution in [0.25, 0.3) is 0 Å². The fraction of sp³-hybridized carbons (Fsp3) is 0.462. The molecule has 1 atom stereocenters. The Balaban J connectivity index is 1.88. The molecule has 1 aromatic rings. The van der Waals surface area contributed by atoms with Gasteiger partial charge in [-0.05, 0) is 36.8 Å². The molecule has 0 aromatic heterocycles. The second-order valence-corrected chi connectivity index (χ2v) is 4.86. The Morgan fingerprint density at radius 2 is 2.06 bits per heavy atom. The summed E-state index contributed by atoms with van der Waals surface area (Å²) in [6, 6.07) is 8.54. The third kappa shape index (κ3) is 2.83. The zero-order valence-electron chi connectivity index (χ0n) is 9.48. The third-order valence-electron chi connectivity index (χ3n) is 3.08. The quantitative estimate of drug-likeness (QED) is 0.623. The molecule has 1 fully saturated rings. The Kier molecular flexibility index (Phi) is 2.97. The van der Waals surface area contributed by atoms with Crippen LogP contribution < -0.4 is 10.5 Å². The minimum atomic E-state index is -0.507. The summed E-state index contributed by atoms with van der Waals surface area (Å²) in [5.74, 6) is 0.225. The van der Waals surface area contributed by atoms with Crippen molar-refractivity contribution in [2.45, 2.75) is 32.2 Å². The van der Waals surface area contributed by atoms with Crippen molar-refractivity contribution in [1.29, 1.82) is 0 Å². The molecule has 86 valence electrons. The summed E-state index contributed by atoms with van der Waals surface area (Å²) in [6.45, 7) is 2.16. The Labute approximate surface area is 95.6 Å². The Morgan fingerprint density at radius 1 is 1.44 bits per heavy atom. The van der Waals surface area contributed by atoms with Crippen LogP contribution in [0.4, 0.5) is 0 Å². The van der Waals surface area contributed by atoms with Crippen molar-refractivity contribution >= 4 is 5.97 Å². The molecule has 0 radical (unpaired) electrons. The van der Waals surface area contributed by atoms with E-state index in [1.54, 1.807) is 12.1 Å². The lowest BCUT2D eigenvalue weighted by Crippen LogP contribution is -2.36. The second kappa shape index (κ2) is 4.26. The summed E-state index contributed by atoms with van der Waals surface area (Å²) in [6.07, 6.45) is 3.05. The number of hydrogen-bond acceptors (Lipinski definition) is 3. The molecule has 0 heterocycles. The lowest BCUT2D eigenvalue weighted by Gasteiger charge is -2.14. The number of esters is 1. The number of ether oxygens (including phenoxy) is 1. The maximum atomic E-state index is 11.7. The van der Waals surface area contributed by atoms with Crippen molar-refractivity contribution in [3.63, 3.8) is 0 Å². The van der Waals surface area contributed by atoms with Gasteiger partial charge in [0.25, 0.3) is 0 Å². The lowest BCUT2D eigenvalue weighted by atomic mass is 10.00. The third-order valence-corrected chi connectivity index (χ3v) is 3.08. The number of nitrogens with two attached hydrogens (primary N) is 1. The van der Waals surface area contributed by atoms with Gasteiger partial charge in [0.1, 0.15) is 11.8 Å². The topological polar surface area (TPSA) is 52.3 Å². The van der Waals surface area contributed by atoms with Crippen LogP contribution in [0.5, 0.6) is 5.75 Å². The van der Waals surface area contributed by atoms with Gasteiger partial charge in [-0.1, -0.05) is 25.1 Å². The van der Waals surface area contributed by atoms with E-state index in [0.717, 1.165) is 6.42 Å². The molecular weight excluding hydrogens is 202 g/mol. The van der Waals surface area contributed by atoms with Gasteiger partial charge in [0.05, 0.1) is 0 Å². The van der Waals surface area contributed by atoms with Crippen LogP contribution in [0, 0.1) is 5.41 Å². The molecular formula is C13H17NO2. The molecule has 2 rings (SSSR count). The average molecular weight is 219 g/mol. The van der Waals surface area contributed by atoms with E-state index in [1.807, 2.05) is 18.2 Å². The molecule has 1 aliphatic rings. The van der Waals surface area contributed by atoms with E-state index in [2.05, 4.69) is 6.92 Å². The predicted molar refractivity (Wildman–Crippen MR) is 62.0 cm³/mol. The van der Waals surface area contributed by atoms with Crippen molar-refractivity contribution in [2.24, 2.45) is 11.1 Å². The van der Waals surface area contributed by atoms with Gasteiger partial charge < -0.3 is 10.5 Å². The van der Waals surface area contributed by atoms with Crippen LogP contribution in [0.15, 0.2) is 30.3 Å². The molecule has 0 aliphatic heterocycles. The molecule has 1 aromatic carbocycles. The predicted octanol–water partition coefficient (Wildman–Crippen LogP) is 2.11. The lowest BCUT2D eigenvalue weighted by molar-refractivity contribution is -0.136. The molecule has 1 saturated carbocycles. The van der Waals surface area contributed by atoms with E-state index in [0.29, 0.717) is 5.75 Å². The van der Waals surface area contributed by atoms with Gasteiger partial charge in [0, 0.05) is 0 Å². The second-order valence-electron chi connectivity index (χ2n) is 4.86. The number of carbonyl (C=O) groups is 1. The van der Waals surface area contributed by atoms with Crippen LogP contribution in [0.1, 0.15) is 26.2 Å². The fourth-order valence-corrected chi connectivity index (χ4v) is 1.71. The summed E-state index contributed by atoms with van der Waals surface area (Å²) in [4.78, 5) is 11.7. The van der Waals surface area contributed by atoms with E-state index in [9.17, 15) is 4.79 Å². The van der Waals surface area contributed by atoms with Gasteiger partial charge in [-0.2, -0.15) is 0 Å². The number of benzene rings is 1. The molecule has 2 N–H and O–H groups in total. The Morgan fingerprint density at radius 3 is 2.62 bits per heavy atom. The summed E-state index contributed by atoms with van der Waals surface area (Å²) < 4.78 is 5.19. The monoisotopic (exact) mass is 219 g/mol. The van der Waals surface area contributed by atoms with Gasteiger partial charge >= 0.3 is 5.97 Å². The molecule has 3 nitrogen and oxygen atoms in total. The van der Waals surface area contributed by atoms with Crippen LogP contribution in [-0.2, 0) is 4.79 Å². The first-order valence-corrected chi connectivity index (χ1v) is 5.61. The maximum absolute atomic E-state index is 11.7. The van der Waals surface area contributed by atoms with Gasteiger partial charge in [-0.3, -0.25) is 0 Å². The standard InChI is InChI=1S/C13H17NO2/c1-13(7-8-13)9-11(14)12(15)16-10-5-3-2-4-6-10/h2-6,11H,7-9,14H2,1H3. The van der Waals surface area contributed by atoms with Crippen molar-refractivity contribution in [2.75, 3.05) is 0 Å². The zero-order valence-corrected chi connectivity index (χ0v) is 9.48. The highest BCUT2D eigenvalue weighted by Gasteiger charge is 2.40. The highest BCUT2D eigenvalue weighted by atomic mass is 16.5. The molecule has 3 heteroatoms. The van der Waals surface area contributed by atoms with E-state index in [-0.39, 0.29) is 11.4 Å². The van der Waals surface area contributed by atoms with E-state index >= 15 is 0 Å². The smallest absolute Gasteiger partial charge is 0.328 e. The Bertz CT molecular complexity index is 371. The maximum Gasteiger partial charge on any atom is 0.328 e. The van der Waals surface area contributed by atoms with Crippen LogP contribution in [-0.4, -0.2) is 12.0 Å². The summed E-state index contributed by atoms with van der Waals surface area (Å²) in [5.41, 5.74) is 6.09. The minimum Gasteiger partial charge on any atom is -0.425 e.